The quantitative estimate of drug-likeness (QED) is 0.352. The second-order valence-corrected chi connectivity index (χ2v) is 8.46. The van der Waals surface area contributed by atoms with Gasteiger partial charge in [-0.1, -0.05) is 60.7 Å². The summed E-state index contributed by atoms with van der Waals surface area (Å²) in [6, 6.07) is 26.6. The number of amides is 1. The number of carbonyl (C=O) groups excluding carboxylic acids is 2. The molecule has 1 heterocycles. The molecule has 1 atom stereocenters. The lowest BCUT2D eigenvalue weighted by Gasteiger charge is -2.19. The van der Waals surface area contributed by atoms with Crippen LogP contribution in [0.2, 0.25) is 0 Å². The van der Waals surface area contributed by atoms with E-state index in [1.54, 1.807) is 18.2 Å². The lowest BCUT2D eigenvalue weighted by molar-refractivity contribution is -0.125. The number of ether oxygens (including phenoxy) is 1. The highest BCUT2D eigenvalue weighted by Gasteiger charge is 2.28. The van der Waals surface area contributed by atoms with Gasteiger partial charge in [-0.25, -0.2) is 4.79 Å². The number of rotatable bonds is 6. The van der Waals surface area contributed by atoms with Gasteiger partial charge in [0.05, 0.1) is 5.56 Å². The Labute approximate surface area is 200 Å². The van der Waals surface area contributed by atoms with Crippen molar-refractivity contribution >= 4 is 17.6 Å². The average Bonchev–Trinajstić information content (AvgIpc) is 3.14. The van der Waals surface area contributed by atoms with E-state index in [9.17, 15) is 9.59 Å². The first-order chi connectivity index (χ1) is 16.3. The molecule has 0 saturated heterocycles. The van der Waals surface area contributed by atoms with Gasteiger partial charge in [-0.05, 0) is 63.1 Å². The molecule has 172 valence electrons. The number of nitrogens with one attached hydrogen (secondary N) is 1. The molecule has 4 aromatic rings. The fourth-order valence-electron chi connectivity index (χ4n) is 4.08. The normalized spacial score (nSPS) is 11.6. The Balaban J connectivity index is 1.65. The number of hydrogen-bond acceptors (Lipinski definition) is 3. The number of aryl methyl sites for hydroxylation is 3. The zero-order chi connectivity index (χ0) is 24.2. The van der Waals surface area contributed by atoms with Crippen molar-refractivity contribution < 1.29 is 14.3 Å². The van der Waals surface area contributed by atoms with Crippen LogP contribution in [0.5, 0.6) is 0 Å². The van der Waals surface area contributed by atoms with E-state index in [-0.39, 0.29) is 0 Å². The maximum Gasteiger partial charge on any atom is 0.341 e. The van der Waals surface area contributed by atoms with Crippen LogP contribution in [0.25, 0.3) is 5.69 Å². The number of aromatic nitrogens is 1. The van der Waals surface area contributed by atoms with E-state index < -0.39 is 18.0 Å². The second kappa shape index (κ2) is 9.79. The molecule has 1 aromatic heterocycles. The van der Waals surface area contributed by atoms with Gasteiger partial charge < -0.3 is 14.6 Å². The zero-order valence-electron chi connectivity index (χ0n) is 19.8. The summed E-state index contributed by atoms with van der Waals surface area (Å²) in [4.78, 5) is 26.6. The molecule has 0 aliphatic heterocycles. The minimum atomic E-state index is -1.09. The van der Waals surface area contributed by atoms with Crippen LogP contribution in [-0.4, -0.2) is 16.4 Å². The van der Waals surface area contributed by atoms with Crippen LogP contribution >= 0.6 is 0 Å². The van der Waals surface area contributed by atoms with E-state index in [1.165, 1.54) is 0 Å². The molecule has 0 spiro atoms. The Kier molecular flexibility index (Phi) is 6.64. The summed E-state index contributed by atoms with van der Waals surface area (Å²) in [7, 11) is 0. The van der Waals surface area contributed by atoms with Crippen molar-refractivity contribution in [2.24, 2.45) is 0 Å². The van der Waals surface area contributed by atoms with E-state index in [4.69, 9.17) is 4.74 Å². The molecule has 0 aliphatic carbocycles. The predicted octanol–water partition coefficient (Wildman–Crippen LogP) is 6.25. The maximum atomic E-state index is 13.3. The van der Waals surface area contributed by atoms with E-state index in [2.05, 4.69) is 5.32 Å². The number of carbonyl (C=O) groups is 2. The van der Waals surface area contributed by atoms with Crippen molar-refractivity contribution in [1.29, 1.82) is 0 Å². The summed E-state index contributed by atoms with van der Waals surface area (Å²) in [5.74, 6) is -0.939. The summed E-state index contributed by atoms with van der Waals surface area (Å²) < 4.78 is 7.85. The number of anilines is 1. The fourth-order valence-corrected chi connectivity index (χ4v) is 4.08. The van der Waals surface area contributed by atoms with Crippen LogP contribution < -0.4 is 5.32 Å². The van der Waals surface area contributed by atoms with Gasteiger partial charge in [-0.3, -0.25) is 4.79 Å². The molecule has 0 bridgehead atoms. The number of nitrogens with zero attached hydrogens (tertiary/aromatic N) is 1. The molecule has 0 aliphatic rings. The van der Waals surface area contributed by atoms with Gasteiger partial charge in [-0.15, -0.1) is 0 Å². The van der Waals surface area contributed by atoms with Crippen LogP contribution in [-0.2, 0) is 9.53 Å². The Morgan fingerprint density at radius 1 is 0.824 bits per heavy atom. The Bertz CT molecular complexity index is 1320. The Morgan fingerprint density at radius 3 is 2.15 bits per heavy atom. The van der Waals surface area contributed by atoms with Gasteiger partial charge in [0.25, 0.3) is 5.91 Å². The highest BCUT2D eigenvalue weighted by molar-refractivity contribution is 5.99. The topological polar surface area (TPSA) is 60.3 Å². The zero-order valence-corrected chi connectivity index (χ0v) is 19.8. The number of esters is 1. The van der Waals surface area contributed by atoms with Gasteiger partial charge in [0.15, 0.2) is 0 Å². The molecular formula is C29H28N2O3. The lowest BCUT2D eigenvalue weighted by Crippen LogP contribution is -2.26. The summed E-state index contributed by atoms with van der Waals surface area (Å²) >= 11 is 0. The molecule has 0 radical (unpaired) electrons. The van der Waals surface area contributed by atoms with Gasteiger partial charge in [-0.2, -0.15) is 0 Å². The Hall–Kier alpha value is -4.12. The van der Waals surface area contributed by atoms with Crippen LogP contribution in [0.3, 0.4) is 0 Å². The molecule has 3 aromatic carbocycles. The van der Waals surface area contributed by atoms with E-state index in [0.29, 0.717) is 16.8 Å². The van der Waals surface area contributed by atoms with Gasteiger partial charge in [0.1, 0.15) is 0 Å². The summed E-state index contributed by atoms with van der Waals surface area (Å²) in [6.45, 7) is 7.71. The van der Waals surface area contributed by atoms with Crippen molar-refractivity contribution in [1.82, 2.24) is 4.57 Å². The first kappa shape index (κ1) is 23.1. The van der Waals surface area contributed by atoms with E-state index >= 15 is 0 Å². The van der Waals surface area contributed by atoms with Crippen molar-refractivity contribution in [2.75, 3.05) is 5.32 Å². The smallest absolute Gasteiger partial charge is 0.341 e. The largest absolute Gasteiger partial charge is 0.444 e. The SMILES string of the molecule is Cc1ccc(C)c(NC(=O)[C@@H](OC(=O)c2cc(C)n(-c3ccccc3)c2C)c2ccccc2)c1. The van der Waals surface area contributed by atoms with Gasteiger partial charge in [0, 0.05) is 28.3 Å². The summed E-state index contributed by atoms with van der Waals surface area (Å²) in [5.41, 5.74) is 6.33. The minimum Gasteiger partial charge on any atom is -0.444 e. The Morgan fingerprint density at radius 2 is 1.47 bits per heavy atom. The first-order valence-corrected chi connectivity index (χ1v) is 11.2. The lowest BCUT2D eigenvalue weighted by atomic mass is 10.1. The third-order valence-corrected chi connectivity index (χ3v) is 5.88. The summed E-state index contributed by atoms with van der Waals surface area (Å²) in [5, 5.41) is 2.94. The van der Waals surface area contributed by atoms with Crippen LogP contribution in [0, 0.1) is 27.7 Å². The molecule has 1 amide bonds. The third-order valence-electron chi connectivity index (χ3n) is 5.88. The predicted molar refractivity (Wildman–Crippen MR) is 134 cm³/mol. The van der Waals surface area contributed by atoms with Crippen LogP contribution in [0.4, 0.5) is 5.69 Å². The maximum absolute atomic E-state index is 13.3. The standard InChI is InChI=1S/C29H28N2O3/c1-19-15-16-20(2)26(17-19)30-28(32)27(23-11-7-5-8-12-23)34-29(33)25-18-21(3)31(22(25)4)24-13-9-6-10-14-24/h5-18,27H,1-4H3,(H,30,32)/t27-/m0/s1. The molecule has 1 N–H and O–H groups in total. The highest BCUT2D eigenvalue weighted by Crippen LogP contribution is 2.26. The van der Waals surface area contributed by atoms with E-state index in [1.807, 2.05) is 99.0 Å². The molecule has 0 saturated carbocycles. The van der Waals surface area contributed by atoms with Crippen molar-refractivity contribution in [3.63, 3.8) is 0 Å². The number of hydrogen-bond donors (Lipinski definition) is 1. The monoisotopic (exact) mass is 452 g/mol. The van der Waals surface area contributed by atoms with Gasteiger partial charge in [0.2, 0.25) is 6.10 Å². The molecule has 5 nitrogen and oxygen atoms in total. The van der Waals surface area contributed by atoms with E-state index in [0.717, 1.165) is 28.2 Å². The molecule has 4 rings (SSSR count). The third kappa shape index (κ3) is 4.79. The van der Waals surface area contributed by atoms with Crippen molar-refractivity contribution in [3.05, 3.63) is 119 Å². The van der Waals surface area contributed by atoms with Crippen LogP contribution in [0.1, 0.15) is 44.5 Å². The number of para-hydroxylation sites is 1. The fraction of sp³-hybridized carbons (Fsp3) is 0.172. The minimum absolute atomic E-state index is 0.398. The molecule has 34 heavy (non-hydrogen) atoms. The van der Waals surface area contributed by atoms with Crippen LogP contribution in [0.15, 0.2) is 84.9 Å². The molecule has 0 unspecified atom stereocenters. The molecular weight excluding hydrogens is 424 g/mol. The molecule has 0 fully saturated rings. The number of benzene rings is 3. The second-order valence-electron chi connectivity index (χ2n) is 8.46. The van der Waals surface area contributed by atoms with Crippen molar-refractivity contribution in [2.45, 2.75) is 33.8 Å². The molecule has 5 heteroatoms. The van der Waals surface area contributed by atoms with Crippen molar-refractivity contribution in [3.8, 4) is 5.69 Å². The summed E-state index contributed by atoms with van der Waals surface area (Å²) in [6.07, 6.45) is -1.09. The average molecular weight is 453 g/mol. The highest BCUT2D eigenvalue weighted by atomic mass is 16.5. The van der Waals surface area contributed by atoms with Gasteiger partial charge >= 0.3 is 5.97 Å². The first-order valence-electron chi connectivity index (χ1n) is 11.2.